The molecule has 0 aliphatic heterocycles. The third kappa shape index (κ3) is 6.57. The van der Waals surface area contributed by atoms with Gasteiger partial charge in [-0.2, -0.15) is 0 Å². The predicted octanol–water partition coefficient (Wildman–Crippen LogP) is -0.479. The number of hydrogen-bond donors (Lipinski definition) is 2. The van der Waals surface area contributed by atoms with Gasteiger partial charge < -0.3 is 10.8 Å². The minimum absolute atomic E-state index is 0.0657. The SMILES string of the molecule is CC(N)CCS(=O)(=O)CCCO. The third-order valence-corrected chi connectivity index (χ3v) is 3.27. The van der Waals surface area contributed by atoms with Crippen LogP contribution in [0.2, 0.25) is 0 Å². The van der Waals surface area contributed by atoms with Crippen molar-refractivity contribution in [1.82, 2.24) is 0 Å². The molecule has 0 amide bonds. The fourth-order valence-electron chi connectivity index (χ4n) is 0.752. The molecular weight excluding hydrogens is 178 g/mol. The molecule has 0 spiro atoms. The molecule has 0 aliphatic rings. The van der Waals surface area contributed by atoms with E-state index in [-0.39, 0.29) is 24.2 Å². The molecule has 0 aromatic heterocycles. The molecular formula is C7H17NO3S. The summed E-state index contributed by atoms with van der Waals surface area (Å²) < 4.78 is 22.3. The maximum Gasteiger partial charge on any atom is 0.150 e. The summed E-state index contributed by atoms with van der Waals surface area (Å²) in [6.45, 7) is 1.71. The lowest BCUT2D eigenvalue weighted by molar-refractivity contribution is 0.295. The summed E-state index contributed by atoms with van der Waals surface area (Å²) in [5.41, 5.74) is 5.41. The van der Waals surface area contributed by atoms with Crippen LogP contribution >= 0.6 is 0 Å². The fraction of sp³-hybridized carbons (Fsp3) is 1.00. The van der Waals surface area contributed by atoms with Crippen molar-refractivity contribution < 1.29 is 13.5 Å². The minimum atomic E-state index is -2.98. The highest BCUT2D eigenvalue weighted by atomic mass is 32.2. The monoisotopic (exact) mass is 195 g/mol. The van der Waals surface area contributed by atoms with E-state index in [0.717, 1.165) is 0 Å². The van der Waals surface area contributed by atoms with E-state index in [2.05, 4.69) is 0 Å². The molecule has 1 unspecified atom stereocenters. The molecule has 0 radical (unpaired) electrons. The Balaban J connectivity index is 3.73. The maximum absolute atomic E-state index is 11.1. The molecule has 12 heavy (non-hydrogen) atoms. The molecule has 0 aromatic rings. The zero-order chi connectivity index (χ0) is 9.61. The Morgan fingerprint density at radius 1 is 1.42 bits per heavy atom. The first-order valence-electron chi connectivity index (χ1n) is 4.05. The van der Waals surface area contributed by atoms with Crippen molar-refractivity contribution in [2.75, 3.05) is 18.1 Å². The van der Waals surface area contributed by atoms with Gasteiger partial charge in [-0.05, 0) is 19.8 Å². The largest absolute Gasteiger partial charge is 0.396 e. The van der Waals surface area contributed by atoms with E-state index in [4.69, 9.17) is 10.8 Å². The van der Waals surface area contributed by atoms with Gasteiger partial charge >= 0.3 is 0 Å². The molecule has 0 heterocycles. The summed E-state index contributed by atoms with van der Waals surface area (Å²) >= 11 is 0. The molecule has 1 atom stereocenters. The van der Waals surface area contributed by atoms with Crippen molar-refractivity contribution in [3.05, 3.63) is 0 Å². The van der Waals surface area contributed by atoms with Crippen molar-refractivity contribution >= 4 is 9.84 Å². The second kappa shape index (κ2) is 5.50. The van der Waals surface area contributed by atoms with E-state index in [1.807, 2.05) is 0 Å². The molecule has 0 bridgehead atoms. The standard InChI is InChI=1S/C7H17NO3S/c1-7(8)3-6-12(10,11)5-2-4-9/h7,9H,2-6,8H2,1H3. The van der Waals surface area contributed by atoms with E-state index in [1.54, 1.807) is 6.92 Å². The van der Waals surface area contributed by atoms with Gasteiger partial charge in [0.15, 0.2) is 0 Å². The molecule has 74 valence electrons. The van der Waals surface area contributed by atoms with Crippen LogP contribution in [-0.2, 0) is 9.84 Å². The van der Waals surface area contributed by atoms with Crippen LogP contribution in [0.4, 0.5) is 0 Å². The van der Waals surface area contributed by atoms with Crippen LogP contribution in [0, 0.1) is 0 Å². The summed E-state index contributed by atoms with van der Waals surface area (Å²) in [6, 6.07) is -0.0751. The summed E-state index contributed by atoms with van der Waals surface area (Å²) in [4.78, 5) is 0. The zero-order valence-electron chi connectivity index (χ0n) is 7.36. The predicted molar refractivity (Wildman–Crippen MR) is 48.6 cm³/mol. The minimum Gasteiger partial charge on any atom is -0.396 e. The number of sulfone groups is 1. The Morgan fingerprint density at radius 3 is 2.42 bits per heavy atom. The molecule has 0 aromatic carbocycles. The fourth-order valence-corrected chi connectivity index (χ4v) is 2.26. The van der Waals surface area contributed by atoms with Crippen molar-refractivity contribution in [2.24, 2.45) is 5.73 Å². The lowest BCUT2D eigenvalue weighted by Gasteiger charge is -2.05. The first kappa shape index (κ1) is 11.9. The molecule has 0 rings (SSSR count). The van der Waals surface area contributed by atoms with Crippen LogP contribution in [0.15, 0.2) is 0 Å². The van der Waals surface area contributed by atoms with Crippen LogP contribution in [0.25, 0.3) is 0 Å². The van der Waals surface area contributed by atoms with Crippen LogP contribution in [-0.4, -0.2) is 37.7 Å². The van der Waals surface area contributed by atoms with Gasteiger partial charge in [0.1, 0.15) is 9.84 Å². The quantitative estimate of drug-likeness (QED) is 0.600. The molecule has 3 N–H and O–H groups in total. The third-order valence-electron chi connectivity index (χ3n) is 1.50. The number of rotatable bonds is 6. The Kier molecular flexibility index (Phi) is 5.44. The van der Waals surface area contributed by atoms with Gasteiger partial charge in [0.25, 0.3) is 0 Å². The Labute approximate surface area is 73.7 Å². The van der Waals surface area contributed by atoms with Crippen LogP contribution in [0.1, 0.15) is 19.8 Å². The van der Waals surface area contributed by atoms with Crippen LogP contribution in [0.3, 0.4) is 0 Å². The molecule has 0 aliphatic carbocycles. The van der Waals surface area contributed by atoms with Gasteiger partial charge in [-0.3, -0.25) is 0 Å². The summed E-state index contributed by atoms with van der Waals surface area (Å²) in [7, 11) is -2.98. The lowest BCUT2D eigenvalue weighted by atomic mass is 10.3. The zero-order valence-corrected chi connectivity index (χ0v) is 8.18. The van der Waals surface area contributed by atoms with Crippen molar-refractivity contribution in [3.63, 3.8) is 0 Å². The highest BCUT2D eigenvalue weighted by molar-refractivity contribution is 7.91. The number of aliphatic hydroxyl groups excluding tert-OH is 1. The van der Waals surface area contributed by atoms with E-state index < -0.39 is 9.84 Å². The summed E-state index contributed by atoms with van der Waals surface area (Å²) in [5.74, 6) is 0.195. The van der Waals surface area contributed by atoms with Gasteiger partial charge in [-0.1, -0.05) is 0 Å². The molecule has 4 nitrogen and oxygen atoms in total. The van der Waals surface area contributed by atoms with Crippen LogP contribution in [0.5, 0.6) is 0 Å². The van der Waals surface area contributed by atoms with Crippen molar-refractivity contribution in [1.29, 1.82) is 0 Å². The van der Waals surface area contributed by atoms with E-state index in [0.29, 0.717) is 12.8 Å². The highest BCUT2D eigenvalue weighted by Gasteiger charge is 2.10. The van der Waals surface area contributed by atoms with E-state index >= 15 is 0 Å². The first-order valence-corrected chi connectivity index (χ1v) is 5.87. The summed E-state index contributed by atoms with van der Waals surface area (Å²) in [6.07, 6.45) is 0.815. The average molecular weight is 195 g/mol. The van der Waals surface area contributed by atoms with E-state index in [1.165, 1.54) is 0 Å². The lowest BCUT2D eigenvalue weighted by Crippen LogP contribution is -2.21. The van der Waals surface area contributed by atoms with Gasteiger partial charge in [0.2, 0.25) is 0 Å². The highest BCUT2D eigenvalue weighted by Crippen LogP contribution is 1.98. The number of hydrogen-bond acceptors (Lipinski definition) is 4. The van der Waals surface area contributed by atoms with Gasteiger partial charge in [0.05, 0.1) is 11.5 Å². The maximum atomic E-state index is 11.1. The number of aliphatic hydroxyl groups is 1. The molecule has 0 fully saturated rings. The van der Waals surface area contributed by atoms with Crippen LogP contribution < -0.4 is 5.73 Å². The number of nitrogens with two attached hydrogens (primary N) is 1. The summed E-state index contributed by atoms with van der Waals surface area (Å²) in [5, 5.41) is 8.42. The molecule has 5 heteroatoms. The molecule has 0 saturated heterocycles. The second-order valence-corrected chi connectivity index (χ2v) is 5.30. The average Bonchev–Trinajstić information content (AvgIpc) is 1.98. The van der Waals surface area contributed by atoms with E-state index in [9.17, 15) is 8.42 Å². The van der Waals surface area contributed by atoms with Crippen molar-refractivity contribution in [2.45, 2.75) is 25.8 Å². The van der Waals surface area contributed by atoms with Crippen molar-refractivity contribution in [3.8, 4) is 0 Å². The van der Waals surface area contributed by atoms with Gasteiger partial charge in [-0.25, -0.2) is 8.42 Å². The normalized spacial score (nSPS) is 14.6. The Hall–Kier alpha value is -0.130. The first-order chi connectivity index (χ1) is 5.48. The topological polar surface area (TPSA) is 80.4 Å². The molecule has 0 saturated carbocycles. The smallest absolute Gasteiger partial charge is 0.150 e. The Morgan fingerprint density at radius 2 is 2.00 bits per heavy atom. The van der Waals surface area contributed by atoms with Gasteiger partial charge in [-0.15, -0.1) is 0 Å². The second-order valence-electron chi connectivity index (χ2n) is 2.99. The Bertz CT molecular complexity index is 199. The van der Waals surface area contributed by atoms with Gasteiger partial charge in [0, 0.05) is 12.6 Å².